The van der Waals surface area contributed by atoms with E-state index in [9.17, 15) is 5.11 Å². The lowest BCUT2D eigenvalue weighted by atomic mass is 9.87. The van der Waals surface area contributed by atoms with Crippen molar-refractivity contribution >= 4 is 0 Å². The Bertz CT molecular complexity index is 162. The summed E-state index contributed by atoms with van der Waals surface area (Å²) in [4.78, 5) is 0. The third-order valence-corrected chi connectivity index (χ3v) is 2.41. The number of unbranched alkanes of at least 4 members (excludes halogenated alkanes) is 1. The molecule has 0 aromatic carbocycles. The molecule has 0 saturated heterocycles. The van der Waals surface area contributed by atoms with Gasteiger partial charge in [0.1, 0.15) is 0 Å². The van der Waals surface area contributed by atoms with Crippen molar-refractivity contribution in [3.63, 3.8) is 0 Å². The Morgan fingerprint density at radius 1 is 1.15 bits per heavy atom. The van der Waals surface area contributed by atoms with Gasteiger partial charge < -0.3 is 5.11 Å². The first-order chi connectivity index (χ1) is 6.18. The molecule has 0 aliphatic heterocycles. The molecule has 0 aliphatic carbocycles. The minimum atomic E-state index is -0.569. The Balaban J connectivity index is 3.92. The Labute approximate surface area is 81.6 Å². The summed E-state index contributed by atoms with van der Waals surface area (Å²) in [6.45, 7) is 4.19. The predicted octanol–water partition coefficient (Wildman–Crippen LogP) is 3.01. The van der Waals surface area contributed by atoms with Crippen molar-refractivity contribution in [2.75, 3.05) is 0 Å². The maximum atomic E-state index is 10.1. The van der Waals surface area contributed by atoms with Crippen molar-refractivity contribution in [3.05, 3.63) is 0 Å². The fraction of sp³-hybridized carbons (Fsp3) is 0.909. The van der Waals surface area contributed by atoms with Crippen LogP contribution in [0, 0.1) is 11.3 Å². The number of nitriles is 1. The number of hydrogen-bond donors (Lipinski definition) is 1. The molecule has 2 nitrogen and oxygen atoms in total. The van der Waals surface area contributed by atoms with Crippen molar-refractivity contribution in [2.24, 2.45) is 0 Å². The van der Waals surface area contributed by atoms with E-state index in [1.807, 2.05) is 0 Å². The van der Waals surface area contributed by atoms with Crippen LogP contribution >= 0.6 is 0 Å². The van der Waals surface area contributed by atoms with E-state index in [2.05, 4.69) is 19.9 Å². The molecule has 1 atom stereocenters. The van der Waals surface area contributed by atoms with Gasteiger partial charge in [-0.15, -0.1) is 0 Å². The van der Waals surface area contributed by atoms with E-state index in [1.165, 1.54) is 0 Å². The van der Waals surface area contributed by atoms with Gasteiger partial charge in [-0.05, 0) is 19.3 Å². The van der Waals surface area contributed by atoms with Crippen molar-refractivity contribution in [3.8, 4) is 6.07 Å². The number of nitrogens with zero attached hydrogens (tertiary/aromatic N) is 1. The normalized spacial score (nSPS) is 14.9. The van der Waals surface area contributed by atoms with E-state index in [0.29, 0.717) is 12.8 Å². The van der Waals surface area contributed by atoms with Gasteiger partial charge in [-0.25, -0.2) is 0 Å². The summed E-state index contributed by atoms with van der Waals surface area (Å²) in [5.41, 5.74) is -0.569. The Kier molecular flexibility index (Phi) is 6.62. The zero-order valence-corrected chi connectivity index (χ0v) is 8.84. The zero-order valence-electron chi connectivity index (χ0n) is 8.84. The minimum Gasteiger partial charge on any atom is -0.390 e. The smallest absolute Gasteiger partial charge is 0.0657 e. The second-order valence-corrected chi connectivity index (χ2v) is 3.74. The molecular weight excluding hydrogens is 162 g/mol. The largest absolute Gasteiger partial charge is 0.390 e. The van der Waals surface area contributed by atoms with Gasteiger partial charge in [0.25, 0.3) is 0 Å². The molecule has 0 aliphatic rings. The van der Waals surface area contributed by atoms with Gasteiger partial charge in [-0.3, -0.25) is 0 Å². The quantitative estimate of drug-likeness (QED) is 0.659. The average Bonchev–Trinajstić information content (AvgIpc) is 2.12. The van der Waals surface area contributed by atoms with Crippen LogP contribution < -0.4 is 0 Å². The van der Waals surface area contributed by atoms with E-state index >= 15 is 0 Å². The highest BCUT2D eigenvalue weighted by atomic mass is 16.3. The van der Waals surface area contributed by atoms with Gasteiger partial charge in [0.15, 0.2) is 0 Å². The molecule has 0 saturated carbocycles. The number of aliphatic hydroxyl groups is 1. The van der Waals surface area contributed by atoms with Crippen LogP contribution in [0.1, 0.15) is 58.8 Å². The van der Waals surface area contributed by atoms with Gasteiger partial charge in [0.2, 0.25) is 0 Å². The van der Waals surface area contributed by atoms with Crippen molar-refractivity contribution in [2.45, 2.75) is 64.4 Å². The summed E-state index contributed by atoms with van der Waals surface area (Å²) in [5, 5.41) is 18.6. The first-order valence-electron chi connectivity index (χ1n) is 5.28. The van der Waals surface area contributed by atoms with Crippen LogP contribution in [0.15, 0.2) is 0 Å². The topological polar surface area (TPSA) is 44.0 Å². The van der Waals surface area contributed by atoms with Crippen molar-refractivity contribution < 1.29 is 5.11 Å². The molecule has 1 unspecified atom stereocenters. The SMILES string of the molecule is CCCCC(O)(CCC)CCC#N. The second-order valence-electron chi connectivity index (χ2n) is 3.74. The van der Waals surface area contributed by atoms with Gasteiger partial charge in [-0.2, -0.15) is 5.26 Å². The van der Waals surface area contributed by atoms with E-state index in [-0.39, 0.29) is 0 Å². The van der Waals surface area contributed by atoms with Crippen LogP contribution in [-0.2, 0) is 0 Å². The Hall–Kier alpha value is -0.550. The molecule has 76 valence electrons. The Morgan fingerprint density at radius 2 is 1.85 bits per heavy atom. The standard InChI is InChI=1S/C11H21NO/c1-3-5-8-11(13,7-4-2)9-6-10-12/h13H,3-9H2,1-2H3. The van der Waals surface area contributed by atoms with Crippen molar-refractivity contribution in [1.29, 1.82) is 5.26 Å². The molecular formula is C11H21NO. The molecule has 13 heavy (non-hydrogen) atoms. The summed E-state index contributed by atoms with van der Waals surface area (Å²) in [5.74, 6) is 0. The molecule has 0 bridgehead atoms. The van der Waals surface area contributed by atoms with Crippen LogP contribution in [-0.4, -0.2) is 10.7 Å². The van der Waals surface area contributed by atoms with Gasteiger partial charge in [0.05, 0.1) is 11.7 Å². The average molecular weight is 183 g/mol. The van der Waals surface area contributed by atoms with Crippen LogP contribution in [0.5, 0.6) is 0 Å². The molecule has 1 N–H and O–H groups in total. The summed E-state index contributed by atoms with van der Waals surface area (Å²) in [6.07, 6.45) is 5.94. The summed E-state index contributed by atoms with van der Waals surface area (Å²) in [7, 11) is 0. The van der Waals surface area contributed by atoms with E-state index in [0.717, 1.165) is 32.1 Å². The van der Waals surface area contributed by atoms with Gasteiger partial charge in [-0.1, -0.05) is 33.1 Å². The fourth-order valence-corrected chi connectivity index (χ4v) is 1.63. The van der Waals surface area contributed by atoms with Crippen LogP contribution in [0.4, 0.5) is 0 Å². The molecule has 0 amide bonds. The molecule has 0 aromatic rings. The number of rotatable bonds is 7. The fourth-order valence-electron chi connectivity index (χ4n) is 1.63. The van der Waals surface area contributed by atoms with E-state index in [1.54, 1.807) is 0 Å². The lowest BCUT2D eigenvalue weighted by Gasteiger charge is -2.26. The van der Waals surface area contributed by atoms with E-state index < -0.39 is 5.60 Å². The highest BCUT2D eigenvalue weighted by molar-refractivity contribution is 4.83. The lowest BCUT2D eigenvalue weighted by Crippen LogP contribution is -2.28. The third kappa shape index (κ3) is 5.65. The summed E-state index contributed by atoms with van der Waals surface area (Å²) < 4.78 is 0. The molecule has 0 rings (SSSR count). The third-order valence-electron chi connectivity index (χ3n) is 2.41. The maximum absolute atomic E-state index is 10.1. The number of hydrogen-bond acceptors (Lipinski definition) is 2. The highest BCUT2D eigenvalue weighted by Crippen LogP contribution is 2.25. The molecule has 0 aromatic heterocycles. The summed E-state index contributed by atoms with van der Waals surface area (Å²) in [6, 6.07) is 2.10. The maximum Gasteiger partial charge on any atom is 0.0657 e. The molecule has 0 heterocycles. The zero-order chi connectivity index (χ0) is 10.2. The summed E-state index contributed by atoms with van der Waals surface area (Å²) >= 11 is 0. The monoisotopic (exact) mass is 183 g/mol. The molecule has 0 fully saturated rings. The first kappa shape index (κ1) is 12.4. The van der Waals surface area contributed by atoms with Gasteiger partial charge in [0, 0.05) is 6.42 Å². The van der Waals surface area contributed by atoms with Crippen LogP contribution in [0.2, 0.25) is 0 Å². The van der Waals surface area contributed by atoms with Crippen LogP contribution in [0.3, 0.4) is 0 Å². The second kappa shape index (κ2) is 6.91. The van der Waals surface area contributed by atoms with Crippen LogP contribution in [0.25, 0.3) is 0 Å². The van der Waals surface area contributed by atoms with E-state index in [4.69, 9.17) is 5.26 Å². The molecule has 2 heteroatoms. The van der Waals surface area contributed by atoms with Crippen molar-refractivity contribution in [1.82, 2.24) is 0 Å². The first-order valence-corrected chi connectivity index (χ1v) is 5.28. The van der Waals surface area contributed by atoms with Gasteiger partial charge >= 0.3 is 0 Å². The highest BCUT2D eigenvalue weighted by Gasteiger charge is 2.24. The lowest BCUT2D eigenvalue weighted by molar-refractivity contribution is 0.0129. The molecule has 0 spiro atoms. The Morgan fingerprint density at radius 3 is 2.31 bits per heavy atom. The molecule has 0 radical (unpaired) electrons. The predicted molar refractivity (Wildman–Crippen MR) is 54.2 cm³/mol. The minimum absolute atomic E-state index is 0.472.